The number of alkyl halides is 4. The van der Waals surface area contributed by atoms with Crippen LogP contribution in [0.15, 0.2) is 12.1 Å². The number of halogens is 5. The lowest BCUT2D eigenvalue weighted by Gasteiger charge is -2.14. The second-order valence-corrected chi connectivity index (χ2v) is 3.82. The van der Waals surface area contributed by atoms with Gasteiger partial charge < -0.3 is 9.47 Å². The molecule has 0 aliphatic heterocycles. The summed E-state index contributed by atoms with van der Waals surface area (Å²) in [7, 11) is 1.31. The van der Waals surface area contributed by atoms with Crippen LogP contribution in [0, 0.1) is 0 Å². The predicted molar refractivity (Wildman–Crippen MR) is 59.1 cm³/mol. The van der Waals surface area contributed by atoms with Crippen molar-refractivity contribution >= 4 is 23.2 Å². The molecule has 1 aromatic carbocycles. The minimum Gasteiger partial charge on any atom is -0.493 e. The van der Waals surface area contributed by atoms with Gasteiger partial charge in [-0.05, 0) is 17.7 Å². The largest absolute Gasteiger partial charge is 0.493 e. The Labute approximate surface area is 106 Å². The average Bonchev–Trinajstić information content (AvgIpc) is 2.25. The lowest BCUT2D eigenvalue weighted by molar-refractivity contribution is -0.153. The van der Waals surface area contributed by atoms with E-state index in [-0.39, 0.29) is 22.4 Å². The molecule has 0 saturated carbocycles. The fraction of sp³-hybridized carbons (Fsp3) is 0.400. The topological polar surface area (TPSA) is 18.5 Å². The molecule has 96 valence electrons. The van der Waals surface area contributed by atoms with Gasteiger partial charge in [0, 0.05) is 5.88 Å². The van der Waals surface area contributed by atoms with Crippen LogP contribution in [0.2, 0.25) is 5.02 Å². The highest BCUT2D eigenvalue weighted by Gasteiger charge is 2.29. The Hall–Kier alpha value is -0.810. The van der Waals surface area contributed by atoms with E-state index in [0.717, 1.165) is 0 Å². The van der Waals surface area contributed by atoms with Gasteiger partial charge in [-0.25, -0.2) is 0 Å². The van der Waals surface area contributed by atoms with Crippen LogP contribution >= 0.6 is 23.2 Å². The smallest absolute Gasteiger partial charge is 0.422 e. The zero-order chi connectivity index (χ0) is 13.1. The van der Waals surface area contributed by atoms with E-state index < -0.39 is 12.8 Å². The molecule has 0 amide bonds. The van der Waals surface area contributed by atoms with Crippen LogP contribution < -0.4 is 9.47 Å². The average molecular weight is 289 g/mol. The van der Waals surface area contributed by atoms with Crippen LogP contribution in [0.3, 0.4) is 0 Å². The Kier molecular flexibility index (Phi) is 4.77. The minimum atomic E-state index is -4.43. The second kappa shape index (κ2) is 5.69. The molecule has 2 nitrogen and oxygen atoms in total. The molecule has 7 heteroatoms. The minimum absolute atomic E-state index is 0.0317. The maximum atomic E-state index is 12.0. The van der Waals surface area contributed by atoms with Crippen molar-refractivity contribution in [1.82, 2.24) is 0 Å². The van der Waals surface area contributed by atoms with Crippen molar-refractivity contribution in [2.75, 3.05) is 13.7 Å². The first kappa shape index (κ1) is 14.3. The van der Waals surface area contributed by atoms with Gasteiger partial charge >= 0.3 is 6.18 Å². The van der Waals surface area contributed by atoms with Crippen molar-refractivity contribution in [1.29, 1.82) is 0 Å². The molecule has 0 atom stereocenters. The predicted octanol–water partition coefficient (Wildman–Crippen LogP) is 4.03. The highest BCUT2D eigenvalue weighted by atomic mass is 35.5. The lowest BCUT2D eigenvalue weighted by Crippen LogP contribution is -2.19. The molecule has 17 heavy (non-hydrogen) atoms. The summed E-state index contributed by atoms with van der Waals surface area (Å²) in [6, 6.07) is 2.91. The second-order valence-electron chi connectivity index (χ2n) is 3.15. The van der Waals surface area contributed by atoms with Crippen molar-refractivity contribution in [2.45, 2.75) is 12.1 Å². The summed E-state index contributed by atoms with van der Waals surface area (Å²) in [4.78, 5) is 0. The van der Waals surface area contributed by atoms with Gasteiger partial charge in [0.25, 0.3) is 0 Å². The molecule has 0 aliphatic rings. The molecule has 0 N–H and O–H groups in total. The summed E-state index contributed by atoms with van der Waals surface area (Å²) in [5.74, 6) is 0.160. The van der Waals surface area contributed by atoms with Crippen LogP contribution in [0.1, 0.15) is 5.56 Å². The third-order valence-corrected chi connectivity index (χ3v) is 2.41. The van der Waals surface area contributed by atoms with Crippen molar-refractivity contribution in [3.05, 3.63) is 22.7 Å². The van der Waals surface area contributed by atoms with Crippen molar-refractivity contribution < 1.29 is 22.6 Å². The summed E-state index contributed by atoms with van der Waals surface area (Å²) < 4.78 is 45.6. The molecular weight excluding hydrogens is 280 g/mol. The van der Waals surface area contributed by atoms with Gasteiger partial charge in [0.1, 0.15) is 0 Å². The lowest BCUT2D eigenvalue weighted by atomic mass is 10.2. The number of hydrogen-bond acceptors (Lipinski definition) is 2. The summed E-state index contributed by atoms with van der Waals surface area (Å²) in [5.41, 5.74) is 0.632. The van der Waals surface area contributed by atoms with Crippen molar-refractivity contribution in [3.63, 3.8) is 0 Å². The maximum Gasteiger partial charge on any atom is 0.422 e. The number of hydrogen-bond donors (Lipinski definition) is 0. The van der Waals surface area contributed by atoms with Gasteiger partial charge in [-0.2, -0.15) is 13.2 Å². The van der Waals surface area contributed by atoms with Crippen LogP contribution in [0.5, 0.6) is 11.5 Å². The Morgan fingerprint density at radius 3 is 2.41 bits per heavy atom. The number of rotatable bonds is 4. The van der Waals surface area contributed by atoms with Gasteiger partial charge in [-0.1, -0.05) is 11.6 Å². The Morgan fingerprint density at radius 1 is 1.29 bits per heavy atom. The Bertz CT molecular complexity index is 394. The molecule has 0 aromatic heterocycles. The number of ether oxygens (including phenoxy) is 2. The van der Waals surface area contributed by atoms with Crippen LogP contribution in [-0.2, 0) is 5.88 Å². The molecule has 0 bridgehead atoms. The van der Waals surface area contributed by atoms with E-state index >= 15 is 0 Å². The third-order valence-electron chi connectivity index (χ3n) is 1.82. The standard InChI is InChI=1S/C10H9Cl2F3O2/c1-16-8-3-6(4-11)2-7(12)9(8)17-5-10(13,14)15/h2-3H,4-5H2,1H3. The molecule has 0 radical (unpaired) electrons. The summed E-state index contributed by atoms with van der Waals surface area (Å²) in [5, 5.41) is 0.0317. The maximum absolute atomic E-state index is 12.0. The molecule has 0 aliphatic carbocycles. The SMILES string of the molecule is COc1cc(CCl)cc(Cl)c1OCC(F)(F)F. The van der Waals surface area contributed by atoms with E-state index in [4.69, 9.17) is 27.9 Å². The highest BCUT2D eigenvalue weighted by molar-refractivity contribution is 6.32. The van der Waals surface area contributed by atoms with E-state index in [0.29, 0.717) is 5.56 Å². The summed E-state index contributed by atoms with van der Waals surface area (Å²) in [6.07, 6.45) is -4.43. The zero-order valence-corrected chi connectivity index (χ0v) is 10.3. The van der Waals surface area contributed by atoms with Crippen LogP contribution in [0.25, 0.3) is 0 Å². The van der Waals surface area contributed by atoms with Crippen molar-refractivity contribution in [3.8, 4) is 11.5 Å². The molecule has 0 saturated heterocycles. The van der Waals surface area contributed by atoms with Gasteiger partial charge in [0.2, 0.25) is 0 Å². The first-order chi connectivity index (χ1) is 7.87. The summed E-state index contributed by atoms with van der Waals surface area (Å²) >= 11 is 11.4. The van der Waals surface area contributed by atoms with Gasteiger partial charge in [0.15, 0.2) is 18.1 Å². The molecule has 0 heterocycles. The normalized spacial score (nSPS) is 11.4. The number of benzene rings is 1. The Balaban J connectivity index is 2.98. The molecule has 1 aromatic rings. The zero-order valence-electron chi connectivity index (χ0n) is 8.78. The van der Waals surface area contributed by atoms with E-state index in [2.05, 4.69) is 4.74 Å². The highest BCUT2D eigenvalue weighted by Crippen LogP contribution is 2.37. The molecule has 1 rings (SSSR count). The Morgan fingerprint density at radius 2 is 1.94 bits per heavy atom. The summed E-state index contributed by atoms with van der Waals surface area (Å²) in [6.45, 7) is -1.43. The monoisotopic (exact) mass is 288 g/mol. The first-order valence-electron chi connectivity index (χ1n) is 4.49. The van der Waals surface area contributed by atoms with E-state index in [1.807, 2.05) is 0 Å². The third kappa shape index (κ3) is 4.16. The van der Waals surface area contributed by atoms with Gasteiger partial charge in [-0.3, -0.25) is 0 Å². The molecule has 0 spiro atoms. The van der Waals surface area contributed by atoms with Crippen LogP contribution in [0.4, 0.5) is 13.2 Å². The van der Waals surface area contributed by atoms with E-state index in [1.54, 1.807) is 0 Å². The van der Waals surface area contributed by atoms with E-state index in [9.17, 15) is 13.2 Å². The fourth-order valence-corrected chi connectivity index (χ4v) is 1.59. The van der Waals surface area contributed by atoms with E-state index in [1.165, 1.54) is 19.2 Å². The molecule has 0 fully saturated rings. The molecule has 0 unspecified atom stereocenters. The fourth-order valence-electron chi connectivity index (χ4n) is 1.14. The van der Waals surface area contributed by atoms with Crippen molar-refractivity contribution in [2.24, 2.45) is 0 Å². The first-order valence-corrected chi connectivity index (χ1v) is 5.40. The van der Waals surface area contributed by atoms with Crippen LogP contribution in [-0.4, -0.2) is 19.9 Å². The quantitative estimate of drug-likeness (QED) is 0.779. The van der Waals surface area contributed by atoms with Gasteiger partial charge in [-0.15, -0.1) is 11.6 Å². The van der Waals surface area contributed by atoms with Gasteiger partial charge in [0.05, 0.1) is 12.1 Å². The molecular formula is C10H9Cl2F3O2. The number of methoxy groups -OCH3 is 1.